The van der Waals surface area contributed by atoms with Crippen LogP contribution in [0.15, 0.2) is 60.9 Å². The third-order valence-electron chi connectivity index (χ3n) is 3.76. The van der Waals surface area contributed by atoms with Crippen LogP contribution in [0, 0.1) is 0 Å². The van der Waals surface area contributed by atoms with Gasteiger partial charge in [-0.1, -0.05) is 0 Å². The minimum absolute atomic E-state index is 0. The number of fused-ring (bicyclic) bond motifs is 2. The van der Waals surface area contributed by atoms with Crippen molar-refractivity contribution in [3.63, 3.8) is 0 Å². The van der Waals surface area contributed by atoms with E-state index in [9.17, 15) is 0 Å². The second-order valence-corrected chi connectivity index (χ2v) is 6.34. The quantitative estimate of drug-likeness (QED) is 0.463. The van der Waals surface area contributed by atoms with Crippen LogP contribution in [-0.4, -0.2) is 4.57 Å². The monoisotopic (exact) mass is 390 g/mol. The van der Waals surface area contributed by atoms with Crippen LogP contribution in [0.4, 0.5) is 0 Å². The first-order valence-electron chi connectivity index (χ1n) is 6.42. The van der Waals surface area contributed by atoms with E-state index in [-0.39, 0.29) is 24.8 Å². The summed E-state index contributed by atoms with van der Waals surface area (Å²) in [5.41, 5.74) is 4.24. The van der Waals surface area contributed by atoms with Crippen LogP contribution in [-0.2, 0) is 24.7 Å². The second kappa shape index (κ2) is 6.52. The molecule has 0 amide bonds. The Hall–Kier alpha value is -0.817. The summed E-state index contributed by atoms with van der Waals surface area (Å²) in [6.07, 6.45) is 6.81. The van der Waals surface area contributed by atoms with Gasteiger partial charge >= 0.3 is 128 Å². The Bertz CT molecular complexity index is 774. The number of benzene rings is 2. The third kappa shape index (κ3) is 2.77. The minimum atomic E-state index is 0. The average molecular weight is 392 g/mol. The molecule has 1 atom stereocenters. The molecule has 1 aliphatic rings. The van der Waals surface area contributed by atoms with Gasteiger partial charge in [-0.3, -0.25) is 0 Å². The van der Waals surface area contributed by atoms with Crippen LogP contribution in [0.1, 0.15) is 14.8 Å². The van der Waals surface area contributed by atoms with Crippen molar-refractivity contribution in [2.45, 2.75) is 3.63 Å². The molecule has 0 N–H and O–H groups in total. The normalized spacial score (nSPS) is 15.9. The Morgan fingerprint density at radius 2 is 1.38 bits per heavy atom. The number of rotatable bonds is 1. The van der Waals surface area contributed by atoms with Crippen molar-refractivity contribution in [2.24, 2.45) is 0 Å². The van der Waals surface area contributed by atoms with Gasteiger partial charge in [0.05, 0.1) is 0 Å². The molecule has 2 aromatic carbocycles. The summed E-state index contributed by atoms with van der Waals surface area (Å²) in [6, 6.07) is 17.3. The van der Waals surface area contributed by atoms with Crippen molar-refractivity contribution in [3.8, 4) is 0 Å². The Labute approximate surface area is 151 Å². The molecule has 0 saturated heterocycles. The average Bonchev–Trinajstić information content (AvgIpc) is 3.00. The van der Waals surface area contributed by atoms with Crippen molar-refractivity contribution in [3.05, 3.63) is 72.1 Å². The predicted molar refractivity (Wildman–Crippen MR) is 75.3 cm³/mol. The second-order valence-electron chi connectivity index (χ2n) is 4.93. The standard InChI is InChI=1S/C17H12N.2ClH.Zr/c1-2-6-14-10-17(9-13(14)5-1)18-11-15-7-3-4-8-16(15)12-18;;;/h1-12H;2*1H;/q;;;+2/p-2. The Kier molecular flexibility index (Phi) is 5.14. The van der Waals surface area contributed by atoms with Crippen LogP contribution in [0.2, 0.25) is 0 Å². The summed E-state index contributed by atoms with van der Waals surface area (Å²) >= 11 is 1.55. The molecule has 1 aliphatic carbocycles. The summed E-state index contributed by atoms with van der Waals surface area (Å²) in [5, 5.41) is 2.62. The fourth-order valence-corrected chi connectivity index (χ4v) is 3.98. The van der Waals surface area contributed by atoms with Gasteiger partial charge in [0.15, 0.2) is 0 Å². The Morgan fingerprint density at radius 1 is 0.810 bits per heavy atom. The fourth-order valence-electron chi connectivity index (χ4n) is 2.76. The maximum atomic E-state index is 2.33. The molecule has 0 bridgehead atoms. The molecule has 1 aromatic heterocycles. The first-order chi connectivity index (χ1) is 9.33. The van der Waals surface area contributed by atoms with E-state index in [1.165, 1.54) is 27.6 Å². The first kappa shape index (κ1) is 16.6. The maximum absolute atomic E-state index is 2.33. The van der Waals surface area contributed by atoms with Crippen LogP contribution >= 0.6 is 0 Å². The predicted octanol–water partition coefficient (Wildman–Crippen LogP) is -1.75. The molecule has 0 radical (unpaired) electrons. The number of hydrogen-bond donors (Lipinski definition) is 0. The van der Waals surface area contributed by atoms with Gasteiger partial charge in [0.2, 0.25) is 0 Å². The third-order valence-corrected chi connectivity index (χ3v) is 5.25. The van der Waals surface area contributed by atoms with Gasteiger partial charge in [0, 0.05) is 0 Å². The Morgan fingerprint density at radius 3 is 2.00 bits per heavy atom. The van der Waals surface area contributed by atoms with E-state index in [0.29, 0.717) is 3.63 Å². The molecular weight excluding hydrogens is 380 g/mol. The summed E-state index contributed by atoms with van der Waals surface area (Å²) in [6.45, 7) is 0. The van der Waals surface area contributed by atoms with Crippen molar-refractivity contribution >= 4 is 22.5 Å². The number of nitrogens with zero attached hydrogens (tertiary/aromatic N) is 1. The van der Waals surface area contributed by atoms with Gasteiger partial charge in [-0.25, -0.2) is 0 Å². The number of hydrogen-bond acceptors (Lipinski definition) is 0. The molecule has 1 nitrogen and oxygen atoms in total. The van der Waals surface area contributed by atoms with Crippen LogP contribution < -0.4 is 24.8 Å². The van der Waals surface area contributed by atoms with E-state index in [0.717, 1.165) is 0 Å². The summed E-state index contributed by atoms with van der Waals surface area (Å²) in [7, 11) is 0. The fraction of sp³-hybridized carbons (Fsp3) is 0.0588. The van der Waals surface area contributed by atoms with Crippen LogP contribution in [0.25, 0.3) is 22.5 Å². The van der Waals surface area contributed by atoms with Gasteiger partial charge in [-0.2, -0.15) is 0 Å². The van der Waals surface area contributed by atoms with Gasteiger partial charge in [-0.15, -0.1) is 0 Å². The summed E-state index contributed by atoms with van der Waals surface area (Å²) < 4.78 is 2.84. The number of aromatic nitrogens is 1. The zero-order chi connectivity index (χ0) is 12.8. The van der Waals surface area contributed by atoms with E-state index in [1.54, 1.807) is 24.7 Å². The number of halogens is 2. The molecule has 103 valence electrons. The SMILES string of the molecule is [Cl-].[Cl-].[Zr+2][C@@H]1C(n2cc3ccccc3c2)=Cc2ccccc21. The molecule has 4 rings (SSSR count). The number of allylic oxidation sites excluding steroid dienone is 1. The zero-order valence-electron chi connectivity index (χ0n) is 11.1. The molecule has 0 aliphatic heterocycles. The van der Waals surface area contributed by atoms with E-state index < -0.39 is 0 Å². The molecule has 21 heavy (non-hydrogen) atoms. The molecule has 0 saturated carbocycles. The van der Waals surface area contributed by atoms with Crippen LogP contribution in [0.3, 0.4) is 0 Å². The molecule has 4 heteroatoms. The molecule has 0 unspecified atom stereocenters. The van der Waals surface area contributed by atoms with E-state index in [4.69, 9.17) is 0 Å². The zero-order valence-corrected chi connectivity index (χ0v) is 15.1. The molecule has 0 fully saturated rings. The van der Waals surface area contributed by atoms with Gasteiger partial charge in [0.25, 0.3) is 0 Å². The van der Waals surface area contributed by atoms with Crippen molar-refractivity contribution in [2.75, 3.05) is 0 Å². The van der Waals surface area contributed by atoms with E-state index in [2.05, 4.69) is 71.6 Å². The van der Waals surface area contributed by atoms with Crippen molar-refractivity contribution < 1.29 is 49.5 Å². The van der Waals surface area contributed by atoms with Crippen LogP contribution in [0.5, 0.6) is 0 Å². The molecular formula is C17H12Cl2NZr. The molecule has 1 heterocycles. The van der Waals surface area contributed by atoms with Crippen molar-refractivity contribution in [1.29, 1.82) is 0 Å². The van der Waals surface area contributed by atoms with Gasteiger partial charge in [0.1, 0.15) is 0 Å². The van der Waals surface area contributed by atoms with E-state index in [1.807, 2.05) is 0 Å². The molecule has 3 aromatic rings. The topological polar surface area (TPSA) is 4.93 Å². The molecule has 0 spiro atoms. The van der Waals surface area contributed by atoms with Crippen molar-refractivity contribution in [1.82, 2.24) is 4.57 Å². The van der Waals surface area contributed by atoms with Gasteiger partial charge < -0.3 is 24.8 Å². The Balaban J connectivity index is 0.000000807. The summed E-state index contributed by atoms with van der Waals surface area (Å²) in [4.78, 5) is 0. The summed E-state index contributed by atoms with van der Waals surface area (Å²) in [5.74, 6) is 0. The first-order valence-corrected chi connectivity index (χ1v) is 7.83. The van der Waals surface area contributed by atoms with Gasteiger partial charge in [-0.05, 0) is 0 Å². The van der Waals surface area contributed by atoms with E-state index >= 15 is 0 Å².